The van der Waals surface area contributed by atoms with E-state index in [4.69, 9.17) is 27.9 Å². The highest BCUT2D eigenvalue weighted by molar-refractivity contribution is 6.42. The highest BCUT2D eigenvalue weighted by Crippen LogP contribution is 2.24. The third kappa shape index (κ3) is 4.37. The van der Waals surface area contributed by atoms with Crippen LogP contribution in [0, 0.1) is 0 Å². The molecule has 0 radical (unpaired) electrons. The number of ether oxygens (including phenoxy) is 1. The first-order valence-corrected chi connectivity index (χ1v) is 7.27. The molecule has 2 N–H and O–H groups in total. The lowest BCUT2D eigenvalue weighted by atomic mass is 10.3. The standard InChI is InChI=1S/C14H14Cl2N4O3/c1-20-7-9(14(19-20)23-2)13(22)17-6-12(21)18-8-3-4-10(15)11(16)5-8/h3-5,7H,6H2,1-2H3,(H,17,22)(H,18,21). The van der Waals surface area contributed by atoms with Gasteiger partial charge in [0, 0.05) is 18.9 Å². The Bertz CT molecular complexity index is 746. The van der Waals surface area contributed by atoms with E-state index in [-0.39, 0.29) is 18.0 Å². The van der Waals surface area contributed by atoms with Crippen LogP contribution in [0.5, 0.6) is 5.88 Å². The van der Waals surface area contributed by atoms with Crippen LogP contribution in [0.25, 0.3) is 0 Å². The second-order valence-electron chi connectivity index (χ2n) is 4.59. The minimum atomic E-state index is -0.459. The van der Waals surface area contributed by atoms with Crippen molar-refractivity contribution < 1.29 is 14.3 Å². The van der Waals surface area contributed by atoms with Gasteiger partial charge in [-0.05, 0) is 18.2 Å². The molecule has 23 heavy (non-hydrogen) atoms. The highest BCUT2D eigenvalue weighted by atomic mass is 35.5. The molecule has 0 fully saturated rings. The van der Waals surface area contributed by atoms with Crippen LogP contribution < -0.4 is 15.4 Å². The maximum absolute atomic E-state index is 12.0. The summed E-state index contributed by atoms with van der Waals surface area (Å²) in [5, 5.41) is 9.78. The molecule has 2 rings (SSSR count). The summed E-state index contributed by atoms with van der Waals surface area (Å²) in [6.07, 6.45) is 1.50. The number of amides is 2. The number of nitrogens with one attached hydrogen (secondary N) is 2. The Morgan fingerprint density at radius 3 is 2.70 bits per heavy atom. The van der Waals surface area contributed by atoms with E-state index in [1.807, 2.05) is 0 Å². The van der Waals surface area contributed by atoms with Crippen LogP contribution in [0.1, 0.15) is 10.4 Å². The Balaban J connectivity index is 1.93. The van der Waals surface area contributed by atoms with E-state index in [0.29, 0.717) is 15.7 Å². The monoisotopic (exact) mass is 356 g/mol. The molecule has 0 aliphatic carbocycles. The fourth-order valence-corrected chi connectivity index (χ4v) is 2.11. The number of halogens is 2. The second kappa shape index (κ2) is 7.34. The lowest BCUT2D eigenvalue weighted by molar-refractivity contribution is -0.115. The molecule has 2 aromatic rings. The Hall–Kier alpha value is -2.25. The number of nitrogens with zero attached hydrogens (tertiary/aromatic N) is 2. The Morgan fingerprint density at radius 1 is 1.30 bits per heavy atom. The number of carbonyl (C=O) groups is 2. The van der Waals surface area contributed by atoms with Crippen LogP contribution in [0.15, 0.2) is 24.4 Å². The summed E-state index contributed by atoms with van der Waals surface area (Å²) in [4.78, 5) is 23.9. The molecule has 0 unspecified atom stereocenters. The number of benzene rings is 1. The van der Waals surface area contributed by atoms with Crippen molar-refractivity contribution in [3.8, 4) is 5.88 Å². The van der Waals surface area contributed by atoms with Gasteiger partial charge in [0.1, 0.15) is 5.56 Å². The number of hydrogen-bond acceptors (Lipinski definition) is 4. The number of hydrogen-bond donors (Lipinski definition) is 2. The van der Waals surface area contributed by atoms with E-state index in [0.717, 1.165) is 0 Å². The summed E-state index contributed by atoms with van der Waals surface area (Å²) in [6.45, 7) is -0.211. The third-order valence-corrected chi connectivity index (χ3v) is 3.58. The largest absolute Gasteiger partial charge is 0.479 e. The van der Waals surface area contributed by atoms with Gasteiger partial charge in [0.15, 0.2) is 0 Å². The average Bonchev–Trinajstić information content (AvgIpc) is 2.90. The topological polar surface area (TPSA) is 85.2 Å². The van der Waals surface area contributed by atoms with Crippen molar-refractivity contribution in [1.29, 1.82) is 0 Å². The second-order valence-corrected chi connectivity index (χ2v) is 5.40. The van der Waals surface area contributed by atoms with E-state index in [9.17, 15) is 9.59 Å². The molecule has 0 aliphatic rings. The smallest absolute Gasteiger partial charge is 0.258 e. The van der Waals surface area contributed by atoms with Gasteiger partial charge in [-0.2, -0.15) is 0 Å². The highest BCUT2D eigenvalue weighted by Gasteiger charge is 2.17. The quantitative estimate of drug-likeness (QED) is 0.858. The van der Waals surface area contributed by atoms with Gasteiger partial charge in [0.2, 0.25) is 11.8 Å². The van der Waals surface area contributed by atoms with Gasteiger partial charge >= 0.3 is 0 Å². The van der Waals surface area contributed by atoms with Gasteiger partial charge < -0.3 is 15.4 Å². The van der Waals surface area contributed by atoms with Crippen LogP contribution in [0.2, 0.25) is 10.0 Å². The van der Waals surface area contributed by atoms with Crippen molar-refractivity contribution in [3.05, 3.63) is 40.0 Å². The third-order valence-electron chi connectivity index (χ3n) is 2.85. The average molecular weight is 357 g/mol. The molecule has 0 saturated carbocycles. The molecule has 0 atom stereocenters. The van der Waals surface area contributed by atoms with Gasteiger partial charge in [-0.1, -0.05) is 23.2 Å². The molecule has 0 aliphatic heterocycles. The molecular formula is C14H14Cl2N4O3. The lowest BCUT2D eigenvalue weighted by Gasteiger charge is -2.07. The van der Waals surface area contributed by atoms with Gasteiger partial charge in [-0.25, -0.2) is 0 Å². The number of aryl methyl sites for hydroxylation is 1. The molecular weight excluding hydrogens is 343 g/mol. The van der Waals surface area contributed by atoms with Gasteiger partial charge in [-0.3, -0.25) is 14.3 Å². The first kappa shape index (κ1) is 17.1. The number of methoxy groups -OCH3 is 1. The van der Waals surface area contributed by atoms with Crippen LogP contribution in [-0.4, -0.2) is 35.2 Å². The number of anilines is 1. The maximum atomic E-state index is 12.0. The van der Waals surface area contributed by atoms with Crippen molar-refractivity contribution in [2.45, 2.75) is 0 Å². The zero-order chi connectivity index (χ0) is 17.0. The van der Waals surface area contributed by atoms with E-state index in [1.54, 1.807) is 19.2 Å². The molecule has 0 spiro atoms. The maximum Gasteiger partial charge on any atom is 0.258 e. The summed E-state index contributed by atoms with van der Waals surface area (Å²) in [5.74, 6) is -0.672. The fraction of sp³-hybridized carbons (Fsp3) is 0.214. The molecule has 0 saturated heterocycles. The van der Waals surface area contributed by atoms with Gasteiger partial charge in [-0.15, -0.1) is 5.10 Å². The Labute approximate surface area is 142 Å². The van der Waals surface area contributed by atoms with Gasteiger partial charge in [0.25, 0.3) is 5.91 Å². The first-order chi connectivity index (χ1) is 10.9. The molecule has 2 amide bonds. The van der Waals surface area contributed by atoms with Crippen molar-refractivity contribution in [1.82, 2.24) is 15.1 Å². The first-order valence-electron chi connectivity index (χ1n) is 6.51. The molecule has 9 heteroatoms. The summed E-state index contributed by atoms with van der Waals surface area (Å²) < 4.78 is 6.44. The van der Waals surface area contributed by atoms with Crippen LogP contribution in [0.3, 0.4) is 0 Å². The van der Waals surface area contributed by atoms with Crippen molar-refractivity contribution in [2.75, 3.05) is 19.0 Å². The summed E-state index contributed by atoms with van der Waals surface area (Å²) in [5.41, 5.74) is 0.731. The van der Waals surface area contributed by atoms with Crippen molar-refractivity contribution in [3.63, 3.8) is 0 Å². The molecule has 1 aromatic carbocycles. The van der Waals surface area contributed by atoms with E-state index < -0.39 is 11.8 Å². The van der Waals surface area contributed by atoms with Crippen molar-refractivity contribution >= 4 is 40.7 Å². The number of rotatable bonds is 5. The summed E-state index contributed by atoms with van der Waals surface area (Å²) in [7, 11) is 3.08. The zero-order valence-corrected chi connectivity index (χ0v) is 13.9. The van der Waals surface area contributed by atoms with Crippen LogP contribution in [0.4, 0.5) is 5.69 Å². The molecule has 1 aromatic heterocycles. The predicted molar refractivity (Wildman–Crippen MR) is 87.2 cm³/mol. The summed E-state index contributed by atoms with van der Waals surface area (Å²) in [6, 6.07) is 4.70. The molecule has 0 bridgehead atoms. The van der Waals surface area contributed by atoms with Crippen molar-refractivity contribution in [2.24, 2.45) is 7.05 Å². The SMILES string of the molecule is COc1nn(C)cc1C(=O)NCC(=O)Nc1ccc(Cl)c(Cl)c1. The predicted octanol–water partition coefficient (Wildman–Crippen LogP) is 2.10. The minimum absolute atomic E-state index is 0.190. The molecule has 7 nitrogen and oxygen atoms in total. The number of carbonyl (C=O) groups excluding carboxylic acids is 2. The Morgan fingerprint density at radius 2 is 2.04 bits per heavy atom. The summed E-state index contributed by atoms with van der Waals surface area (Å²) >= 11 is 11.7. The van der Waals surface area contributed by atoms with E-state index in [1.165, 1.54) is 24.1 Å². The van der Waals surface area contributed by atoms with Gasteiger partial charge in [0.05, 0.1) is 23.7 Å². The molecule has 122 valence electrons. The Kier molecular flexibility index (Phi) is 5.46. The molecule has 1 heterocycles. The number of aromatic nitrogens is 2. The zero-order valence-electron chi connectivity index (χ0n) is 12.4. The van der Waals surface area contributed by atoms with E-state index >= 15 is 0 Å². The minimum Gasteiger partial charge on any atom is -0.479 e. The lowest BCUT2D eigenvalue weighted by Crippen LogP contribution is -2.32. The van der Waals surface area contributed by atoms with E-state index in [2.05, 4.69) is 15.7 Å². The van der Waals surface area contributed by atoms with Crippen LogP contribution in [-0.2, 0) is 11.8 Å². The normalized spacial score (nSPS) is 10.3. The fourth-order valence-electron chi connectivity index (χ4n) is 1.81. The van der Waals surface area contributed by atoms with Crippen LogP contribution >= 0.6 is 23.2 Å².